The number of hydrogen-bond acceptors (Lipinski definition) is 4. The Morgan fingerprint density at radius 2 is 1.58 bits per heavy atom. The molecule has 1 aliphatic rings. The number of benzene rings is 3. The van der Waals surface area contributed by atoms with E-state index in [1.54, 1.807) is 11.3 Å². The van der Waals surface area contributed by atoms with Gasteiger partial charge in [0.15, 0.2) is 0 Å². The molecular formula is C27H25BrClN3S. The number of thiazole rings is 1. The van der Waals surface area contributed by atoms with Crippen LogP contribution in [0.2, 0.25) is 5.02 Å². The Morgan fingerprint density at radius 3 is 2.27 bits per heavy atom. The van der Waals surface area contributed by atoms with Gasteiger partial charge in [-0.1, -0.05) is 65.7 Å². The van der Waals surface area contributed by atoms with E-state index in [1.807, 2.05) is 12.1 Å². The summed E-state index contributed by atoms with van der Waals surface area (Å²) in [5, 5.41) is 10.9. The lowest BCUT2D eigenvalue weighted by atomic mass is 9.98. The molecule has 2 heterocycles. The highest BCUT2D eigenvalue weighted by molar-refractivity contribution is 8.93. The summed E-state index contributed by atoms with van der Waals surface area (Å²) in [5.74, 6) is 0. The molecule has 0 N–H and O–H groups in total. The molecule has 33 heavy (non-hydrogen) atoms. The number of halogens is 2. The highest BCUT2D eigenvalue weighted by Crippen LogP contribution is 2.39. The van der Waals surface area contributed by atoms with Gasteiger partial charge in [-0.05, 0) is 61.2 Å². The van der Waals surface area contributed by atoms with Crippen LogP contribution >= 0.6 is 39.9 Å². The zero-order chi connectivity index (χ0) is 22.2. The maximum Gasteiger partial charge on any atom is 0.207 e. The van der Waals surface area contributed by atoms with Gasteiger partial charge in [-0.2, -0.15) is 5.10 Å². The fourth-order valence-corrected chi connectivity index (χ4v) is 4.91. The van der Waals surface area contributed by atoms with Crippen molar-refractivity contribution >= 4 is 50.8 Å². The van der Waals surface area contributed by atoms with Crippen molar-refractivity contribution < 1.29 is 0 Å². The molecule has 0 radical (unpaired) electrons. The van der Waals surface area contributed by atoms with Gasteiger partial charge in [0.1, 0.15) is 0 Å². The van der Waals surface area contributed by atoms with Crippen LogP contribution < -0.4 is 5.01 Å². The van der Waals surface area contributed by atoms with Gasteiger partial charge in [-0.25, -0.2) is 9.99 Å². The van der Waals surface area contributed by atoms with Crippen molar-refractivity contribution in [2.45, 2.75) is 33.2 Å². The number of aryl methyl sites for hydroxylation is 3. The number of nitrogens with zero attached hydrogens (tertiary/aromatic N) is 3. The van der Waals surface area contributed by atoms with Crippen molar-refractivity contribution in [3.63, 3.8) is 0 Å². The first-order chi connectivity index (χ1) is 15.5. The molecule has 0 aliphatic carbocycles. The zero-order valence-corrected chi connectivity index (χ0v) is 22.0. The van der Waals surface area contributed by atoms with Gasteiger partial charge in [0.2, 0.25) is 5.13 Å². The number of rotatable bonds is 4. The number of hydrazone groups is 1. The Bertz CT molecular complexity index is 1300. The minimum Gasteiger partial charge on any atom is -0.231 e. The van der Waals surface area contributed by atoms with Crippen LogP contribution in [0.1, 0.15) is 40.3 Å². The van der Waals surface area contributed by atoms with Gasteiger partial charge in [-0.15, -0.1) is 28.3 Å². The predicted octanol–water partition coefficient (Wildman–Crippen LogP) is 8.32. The molecule has 1 unspecified atom stereocenters. The molecular weight excluding hydrogens is 514 g/mol. The zero-order valence-electron chi connectivity index (χ0n) is 18.7. The lowest BCUT2D eigenvalue weighted by molar-refractivity contribution is 0.706. The van der Waals surface area contributed by atoms with Crippen LogP contribution in [0, 0.1) is 20.8 Å². The minimum atomic E-state index is 0. The third-order valence-electron chi connectivity index (χ3n) is 6.04. The lowest BCUT2D eigenvalue weighted by Gasteiger charge is -2.21. The molecule has 3 nitrogen and oxygen atoms in total. The molecule has 0 bridgehead atoms. The summed E-state index contributed by atoms with van der Waals surface area (Å²) in [6, 6.07) is 23.2. The van der Waals surface area contributed by atoms with E-state index in [9.17, 15) is 0 Å². The van der Waals surface area contributed by atoms with E-state index in [0.29, 0.717) is 0 Å². The molecule has 1 aromatic heterocycles. The lowest BCUT2D eigenvalue weighted by Crippen LogP contribution is -2.18. The SMILES string of the molecule is Br.Cc1ccc(C2=NN(c3nc(-c4ccc(C)c(C)c4)cs3)C(c3ccc(Cl)cc3)C2)cc1. The first kappa shape index (κ1) is 23.7. The summed E-state index contributed by atoms with van der Waals surface area (Å²) in [4.78, 5) is 4.98. The van der Waals surface area contributed by atoms with Crippen LogP contribution in [0.4, 0.5) is 5.13 Å². The van der Waals surface area contributed by atoms with E-state index in [1.165, 1.54) is 22.3 Å². The first-order valence-electron chi connectivity index (χ1n) is 10.7. The van der Waals surface area contributed by atoms with Crippen molar-refractivity contribution in [3.05, 3.63) is 105 Å². The summed E-state index contributed by atoms with van der Waals surface area (Å²) in [5.41, 5.74) is 9.36. The van der Waals surface area contributed by atoms with Crippen LogP contribution in [0.25, 0.3) is 11.3 Å². The molecule has 1 atom stereocenters. The molecule has 6 heteroatoms. The summed E-state index contributed by atoms with van der Waals surface area (Å²) in [6.45, 7) is 6.38. The molecule has 0 amide bonds. The van der Waals surface area contributed by atoms with Gasteiger partial charge in [0.05, 0.1) is 17.4 Å². The predicted molar refractivity (Wildman–Crippen MR) is 146 cm³/mol. The third-order valence-corrected chi connectivity index (χ3v) is 7.12. The van der Waals surface area contributed by atoms with Crippen molar-refractivity contribution in [1.82, 2.24) is 4.98 Å². The van der Waals surface area contributed by atoms with Crippen molar-refractivity contribution in [1.29, 1.82) is 0 Å². The smallest absolute Gasteiger partial charge is 0.207 e. The Morgan fingerprint density at radius 1 is 0.879 bits per heavy atom. The standard InChI is InChI=1S/C27H24ClN3S.BrH/c1-17-4-7-20(8-5-17)24-15-26(21-10-12-23(28)13-11-21)31(30-24)27-29-25(16-32-27)22-9-6-18(2)19(3)14-22;/h4-14,16,26H,15H2,1-3H3;1H. The summed E-state index contributed by atoms with van der Waals surface area (Å²) in [6.07, 6.45) is 0.823. The van der Waals surface area contributed by atoms with Gasteiger partial charge >= 0.3 is 0 Å². The van der Waals surface area contributed by atoms with Crippen LogP contribution in [-0.4, -0.2) is 10.7 Å². The largest absolute Gasteiger partial charge is 0.231 e. The molecule has 4 aromatic rings. The van der Waals surface area contributed by atoms with E-state index >= 15 is 0 Å². The molecule has 3 aromatic carbocycles. The Labute approximate surface area is 214 Å². The highest BCUT2D eigenvalue weighted by Gasteiger charge is 2.31. The molecule has 0 saturated heterocycles. The van der Waals surface area contributed by atoms with Crippen molar-refractivity contribution in [3.8, 4) is 11.3 Å². The highest BCUT2D eigenvalue weighted by atomic mass is 79.9. The van der Waals surface area contributed by atoms with Crippen molar-refractivity contribution in [2.75, 3.05) is 5.01 Å². The second-order valence-corrected chi connectivity index (χ2v) is 9.62. The number of hydrogen-bond donors (Lipinski definition) is 0. The number of anilines is 1. The normalized spacial score (nSPS) is 15.3. The fraction of sp³-hybridized carbons (Fsp3) is 0.185. The Balaban J connectivity index is 0.00000259. The van der Waals surface area contributed by atoms with Gasteiger partial charge in [0, 0.05) is 22.4 Å². The molecule has 5 rings (SSSR count). The monoisotopic (exact) mass is 537 g/mol. The maximum absolute atomic E-state index is 6.15. The van der Waals surface area contributed by atoms with E-state index in [-0.39, 0.29) is 23.0 Å². The third kappa shape index (κ3) is 4.91. The van der Waals surface area contributed by atoms with Gasteiger partial charge in [-0.3, -0.25) is 0 Å². The minimum absolute atomic E-state index is 0. The molecule has 168 valence electrons. The van der Waals surface area contributed by atoms with E-state index < -0.39 is 0 Å². The van der Waals surface area contributed by atoms with Crippen LogP contribution in [0.15, 0.2) is 77.2 Å². The van der Waals surface area contributed by atoms with E-state index in [4.69, 9.17) is 21.7 Å². The Kier molecular flexibility index (Phi) is 7.03. The molecule has 0 saturated carbocycles. The summed E-state index contributed by atoms with van der Waals surface area (Å²) < 4.78 is 0. The van der Waals surface area contributed by atoms with Gasteiger partial charge < -0.3 is 0 Å². The van der Waals surface area contributed by atoms with E-state index in [0.717, 1.165) is 39.1 Å². The fourth-order valence-electron chi connectivity index (χ4n) is 3.95. The van der Waals surface area contributed by atoms with E-state index in [2.05, 4.69) is 85.8 Å². The van der Waals surface area contributed by atoms with Crippen LogP contribution in [0.3, 0.4) is 0 Å². The first-order valence-corrected chi connectivity index (χ1v) is 12.0. The Hall–Kier alpha value is -2.47. The molecule has 1 aliphatic heterocycles. The molecule has 0 fully saturated rings. The maximum atomic E-state index is 6.15. The average Bonchev–Trinajstić information content (AvgIpc) is 3.44. The molecule has 0 spiro atoms. The second-order valence-electron chi connectivity index (χ2n) is 8.34. The quantitative estimate of drug-likeness (QED) is 0.261. The van der Waals surface area contributed by atoms with Crippen molar-refractivity contribution in [2.24, 2.45) is 5.10 Å². The van der Waals surface area contributed by atoms with Crippen LogP contribution in [0.5, 0.6) is 0 Å². The van der Waals surface area contributed by atoms with Gasteiger partial charge in [0.25, 0.3) is 0 Å². The average molecular weight is 539 g/mol. The second kappa shape index (κ2) is 9.80. The van der Waals surface area contributed by atoms with Crippen LogP contribution in [-0.2, 0) is 0 Å². The topological polar surface area (TPSA) is 28.5 Å². The summed E-state index contributed by atoms with van der Waals surface area (Å²) >= 11 is 7.79. The summed E-state index contributed by atoms with van der Waals surface area (Å²) in [7, 11) is 0. The number of aromatic nitrogens is 1.